The lowest BCUT2D eigenvalue weighted by molar-refractivity contribution is -0.114. The zero-order valence-electron chi connectivity index (χ0n) is 20.8. The maximum atomic E-state index is 14.4. The third kappa shape index (κ3) is 6.76. The molecule has 0 unspecified atom stereocenters. The highest BCUT2D eigenvalue weighted by molar-refractivity contribution is 5.99. The Morgan fingerprint density at radius 2 is 1.91 bits per heavy atom. The molecule has 7 nitrogen and oxygen atoms in total. The van der Waals surface area contributed by atoms with Gasteiger partial charge in [0, 0.05) is 58.0 Å². The lowest BCUT2D eigenvalue weighted by Gasteiger charge is -2.36. The number of likely N-dealkylation sites (N-methyl/N-ethyl adjacent to an activating group) is 1. The summed E-state index contributed by atoms with van der Waals surface area (Å²) in [4.78, 5) is 28.4. The summed E-state index contributed by atoms with van der Waals surface area (Å²) < 4.78 is 40.0. The van der Waals surface area contributed by atoms with Crippen LogP contribution in [-0.4, -0.2) is 67.6 Å². The maximum absolute atomic E-state index is 14.4. The first-order valence-electron chi connectivity index (χ1n) is 11.6. The molecule has 1 N–H and O–H groups in total. The molecule has 2 aromatic rings. The maximum Gasteiger partial charge on any atom is 0.257 e. The van der Waals surface area contributed by atoms with E-state index in [1.54, 1.807) is 37.3 Å². The Labute approximate surface area is 205 Å². The number of amides is 2. The smallest absolute Gasteiger partial charge is 0.257 e. The average Bonchev–Trinajstić information content (AvgIpc) is 2.81. The summed E-state index contributed by atoms with van der Waals surface area (Å²) in [5.74, 6) is -1.12. The largest absolute Gasteiger partial charge is 0.491 e. The van der Waals surface area contributed by atoms with Gasteiger partial charge in [-0.2, -0.15) is 0 Å². The number of hydrogen-bond donors (Lipinski definition) is 1. The Balaban J connectivity index is 1.96. The number of carbonyl (C=O) groups is 2. The summed E-state index contributed by atoms with van der Waals surface area (Å²) in [6.07, 6.45) is -0.293. The van der Waals surface area contributed by atoms with Crippen LogP contribution in [0.2, 0.25) is 0 Å². The van der Waals surface area contributed by atoms with Crippen LogP contribution in [0, 0.1) is 17.6 Å². The quantitative estimate of drug-likeness (QED) is 0.705. The van der Waals surface area contributed by atoms with Crippen LogP contribution in [0.4, 0.5) is 14.5 Å². The van der Waals surface area contributed by atoms with Crippen LogP contribution in [0.5, 0.6) is 5.75 Å². The molecule has 9 heteroatoms. The highest BCUT2D eigenvalue weighted by atomic mass is 19.1. The monoisotopic (exact) mass is 489 g/mol. The second-order valence-electron chi connectivity index (χ2n) is 9.15. The number of methoxy groups -OCH3 is 1. The summed E-state index contributed by atoms with van der Waals surface area (Å²) in [5.41, 5.74) is 1.07. The molecular weight excluding hydrogens is 456 g/mol. The van der Waals surface area contributed by atoms with E-state index in [0.717, 1.165) is 12.1 Å². The standard InChI is InChI=1S/C26H33F2N3O4/c1-16-12-31(13-19-10-20(27)6-8-23(19)28)17(2)15-35-24-9-7-21(29-18(3)32)11-22(24)26(33)30(4)14-25(16)34-5/h6-11,16-17,25H,12-15H2,1-5H3,(H,29,32)/t16-,17-,25+/m1/s1. The summed E-state index contributed by atoms with van der Waals surface area (Å²) >= 11 is 0. The van der Waals surface area contributed by atoms with E-state index in [0.29, 0.717) is 30.1 Å². The Hall–Kier alpha value is -3.04. The van der Waals surface area contributed by atoms with Crippen LogP contribution in [0.1, 0.15) is 36.7 Å². The zero-order valence-corrected chi connectivity index (χ0v) is 20.8. The van der Waals surface area contributed by atoms with E-state index in [-0.39, 0.29) is 48.6 Å². The number of nitrogens with one attached hydrogen (secondary N) is 1. The van der Waals surface area contributed by atoms with E-state index >= 15 is 0 Å². The number of nitrogens with zero attached hydrogens (tertiary/aromatic N) is 2. The number of ether oxygens (including phenoxy) is 2. The van der Waals surface area contributed by atoms with Crippen molar-refractivity contribution in [2.75, 3.05) is 39.2 Å². The fraction of sp³-hybridized carbons (Fsp3) is 0.462. The van der Waals surface area contributed by atoms with Crippen LogP contribution >= 0.6 is 0 Å². The van der Waals surface area contributed by atoms with Crippen molar-refractivity contribution in [2.45, 2.75) is 39.5 Å². The van der Waals surface area contributed by atoms with Crippen LogP contribution in [-0.2, 0) is 16.1 Å². The summed E-state index contributed by atoms with van der Waals surface area (Å²) in [5, 5.41) is 2.69. The molecule has 0 aliphatic carbocycles. The van der Waals surface area contributed by atoms with Crippen molar-refractivity contribution in [1.82, 2.24) is 9.80 Å². The molecule has 0 radical (unpaired) electrons. The summed E-state index contributed by atoms with van der Waals surface area (Å²) in [7, 11) is 3.28. The molecule has 2 amide bonds. The van der Waals surface area contributed by atoms with E-state index in [2.05, 4.69) is 5.32 Å². The molecule has 190 valence electrons. The van der Waals surface area contributed by atoms with Gasteiger partial charge in [0.15, 0.2) is 0 Å². The van der Waals surface area contributed by atoms with Crippen molar-refractivity contribution in [1.29, 1.82) is 0 Å². The van der Waals surface area contributed by atoms with Crippen molar-refractivity contribution in [3.63, 3.8) is 0 Å². The minimum Gasteiger partial charge on any atom is -0.491 e. The fourth-order valence-electron chi connectivity index (χ4n) is 4.24. The van der Waals surface area contributed by atoms with Gasteiger partial charge >= 0.3 is 0 Å². The third-order valence-electron chi connectivity index (χ3n) is 6.28. The highest BCUT2D eigenvalue weighted by Gasteiger charge is 2.29. The van der Waals surface area contributed by atoms with Gasteiger partial charge < -0.3 is 19.7 Å². The lowest BCUT2D eigenvalue weighted by Crippen LogP contribution is -2.46. The zero-order chi connectivity index (χ0) is 25.7. The Bertz CT molecular complexity index is 1060. The van der Waals surface area contributed by atoms with Gasteiger partial charge in [-0.25, -0.2) is 8.78 Å². The normalized spacial score (nSPS) is 22.0. The minimum atomic E-state index is -0.494. The molecule has 0 fully saturated rings. The van der Waals surface area contributed by atoms with Crippen LogP contribution < -0.4 is 10.1 Å². The van der Waals surface area contributed by atoms with Crippen LogP contribution in [0.25, 0.3) is 0 Å². The van der Waals surface area contributed by atoms with Crippen molar-refractivity contribution < 1.29 is 27.8 Å². The molecular formula is C26H33F2N3O4. The number of rotatable bonds is 4. The first-order chi connectivity index (χ1) is 16.6. The molecule has 0 saturated carbocycles. The molecule has 1 aliphatic heterocycles. The fourth-order valence-corrected chi connectivity index (χ4v) is 4.24. The van der Waals surface area contributed by atoms with Crippen molar-refractivity contribution in [3.05, 3.63) is 59.2 Å². The van der Waals surface area contributed by atoms with Gasteiger partial charge in [0.25, 0.3) is 5.91 Å². The highest BCUT2D eigenvalue weighted by Crippen LogP contribution is 2.27. The second-order valence-corrected chi connectivity index (χ2v) is 9.15. The van der Waals surface area contributed by atoms with E-state index in [9.17, 15) is 18.4 Å². The SMILES string of the molecule is CO[C@H]1CN(C)C(=O)c2cc(NC(C)=O)ccc2OC[C@@H](C)N(Cc2cc(F)ccc2F)C[C@H]1C. The predicted octanol–water partition coefficient (Wildman–Crippen LogP) is 3.93. The number of anilines is 1. The molecule has 35 heavy (non-hydrogen) atoms. The van der Waals surface area contributed by atoms with Crippen LogP contribution in [0.3, 0.4) is 0 Å². The van der Waals surface area contributed by atoms with Crippen molar-refractivity contribution in [3.8, 4) is 5.75 Å². The lowest BCUT2D eigenvalue weighted by atomic mass is 10.0. The Morgan fingerprint density at radius 1 is 1.17 bits per heavy atom. The van der Waals surface area contributed by atoms with Gasteiger partial charge in [-0.1, -0.05) is 6.92 Å². The van der Waals surface area contributed by atoms with E-state index < -0.39 is 11.6 Å². The molecule has 1 aliphatic rings. The third-order valence-corrected chi connectivity index (χ3v) is 6.28. The molecule has 0 spiro atoms. The molecule has 1 heterocycles. The second kappa shape index (κ2) is 11.6. The predicted molar refractivity (Wildman–Crippen MR) is 129 cm³/mol. The molecule has 0 aromatic heterocycles. The molecule has 0 bridgehead atoms. The number of halogens is 2. The number of carbonyl (C=O) groups excluding carboxylic acids is 2. The van der Waals surface area contributed by atoms with Gasteiger partial charge in [-0.15, -0.1) is 0 Å². The topological polar surface area (TPSA) is 71.1 Å². The van der Waals surface area contributed by atoms with Gasteiger partial charge in [0.1, 0.15) is 24.0 Å². The first-order valence-corrected chi connectivity index (χ1v) is 11.6. The average molecular weight is 490 g/mol. The Kier molecular flexibility index (Phi) is 8.80. The number of fused-ring (bicyclic) bond motifs is 1. The van der Waals surface area contributed by atoms with Gasteiger partial charge in [0.2, 0.25) is 5.91 Å². The van der Waals surface area contributed by atoms with E-state index in [1.165, 1.54) is 13.0 Å². The molecule has 3 atom stereocenters. The Morgan fingerprint density at radius 3 is 2.60 bits per heavy atom. The molecule has 3 rings (SSSR count). The van der Waals surface area contributed by atoms with Gasteiger partial charge in [-0.3, -0.25) is 14.5 Å². The van der Waals surface area contributed by atoms with E-state index in [1.807, 2.05) is 18.7 Å². The minimum absolute atomic E-state index is 0.0288. The van der Waals surface area contributed by atoms with E-state index in [4.69, 9.17) is 9.47 Å². The summed E-state index contributed by atoms with van der Waals surface area (Å²) in [6, 6.07) is 8.17. The van der Waals surface area contributed by atoms with Gasteiger partial charge in [-0.05, 0) is 49.2 Å². The number of benzene rings is 2. The summed E-state index contributed by atoms with van der Waals surface area (Å²) in [6.45, 7) is 6.58. The molecule has 2 aromatic carbocycles. The first kappa shape index (κ1) is 26.6. The van der Waals surface area contributed by atoms with Gasteiger partial charge in [0.05, 0.1) is 11.7 Å². The van der Waals surface area contributed by atoms with Crippen LogP contribution in [0.15, 0.2) is 36.4 Å². The van der Waals surface area contributed by atoms with Crippen molar-refractivity contribution in [2.24, 2.45) is 5.92 Å². The van der Waals surface area contributed by atoms with Crippen molar-refractivity contribution >= 4 is 17.5 Å². The molecule has 0 saturated heterocycles. The number of hydrogen-bond acceptors (Lipinski definition) is 5.